The van der Waals surface area contributed by atoms with Crippen LogP contribution in [0.4, 0.5) is 0 Å². The van der Waals surface area contributed by atoms with E-state index in [1.165, 1.54) is 6.42 Å². The number of carbonyl (C=O) groups is 1. The van der Waals surface area contributed by atoms with E-state index in [1.54, 1.807) is 0 Å². The smallest absolute Gasteiger partial charge is 0.222 e. The number of hydrogen-bond acceptors (Lipinski definition) is 2. The van der Waals surface area contributed by atoms with Gasteiger partial charge in [0.1, 0.15) is 0 Å². The third kappa shape index (κ3) is 4.61. The van der Waals surface area contributed by atoms with Gasteiger partial charge in [-0.2, -0.15) is 0 Å². The van der Waals surface area contributed by atoms with Gasteiger partial charge in [0, 0.05) is 38.1 Å². The molecule has 0 bridgehead atoms. The van der Waals surface area contributed by atoms with Crippen LogP contribution in [0.1, 0.15) is 52.9 Å². The molecule has 120 valence electrons. The highest BCUT2D eigenvalue weighted by Crippen LogP contribution is 2.28. The molecule has 2 N–H and O–H groups in total. The van der Waals surface area contributed by atoms with Gasteiger partial charge in [-0.3, -0.25) is 9.79 Å². The van der Waals surface area contributed by atoms with Crippen LogP contribution >= 0.6 is 0 Å². The van der Waals surface area contributed by atoms with Crippen molar-refractivity contribution in [1.82, 2.24) is 15.5 Å². The monoisotopic (exact) mass is 294 g/mol. The lowest BCUT2D eigenvalue weighted by atomic mass is 10.1. The molecule has 3 unspecified atom stereocenters. The van der Waals surface area contributed by atoms with Gasteiger partial charge < -0.3 is 15.5 Å². The summed E-state index contributed by atoms with van der Waals surface area (Å²) in [6.45, 7) is 9.10. The number of nitrogens with zero attached hydrogens (tertiary/aromatic N) is 2. The van der Waals surface area contributed by atoms with Gasteiger partial charge in [0.25, 0.3) is 0 Å². The largest absolute Gasteiger partial charge is 0.357 e. The summed E-state index contributed by atoms with van der Waals surface area (Å²) < 4.78 is 0. The number of carbonyl (C=O) groups excluding carboxylic acids is 1. The molecule has 1 aliphatic heterocycles. The summed E-state index contributed by atoms with van der Waals surface area (Å²) in [6, 6.07) is 0.941. The van der Waals surface area contributed by atoms with Crippen LogP contribution in [0.5, 0.6) is 0 Å². The lowest BCUT2D eigenvalue weighted by Gasteiger charge is -2.26. The minimum absolute atomic E-state index is 0.322. The predicted molar refractivity (Wildman–Crippen MR) is 86.3 cm³/mol. The van der Waals surface area contributed by atoms with Crippen LogP contribution < -0.4 is 10.6 Å². The van der Waals surface area contributed by atoms with Gasteiger partial charge in [-0.15, -0.1) is 0 Å². The van der Waals surface area contributed by atoms with Gasteiger partial charge in [-0.1, -0.05) is 13.8 Å². The van der Waals surface area contributed by atoms with Gasteiger partial charge in [-0.05, 0) is 38.5 Å². The van der Waals surface area contributed by atoms with Crippen molar-refractivity contribution in [2.75, 3.05) is 19.6 Å². The number of hydrogen-bond donors (Lipinski definition) is 2. The maximum Gasteiger partial charge on any atom is 0.222 e. The van der Waals surface area contributed by atoms with Crippen LogP contribution in [0.2, 0.25) is 0 Å². The Bertz CT molecular complexity index is 382. The average molecular weight is 294 g/mol. The van der Waals surface area contributed by atoms with Crippen molar-refractivity contribution in [3.8, 4) is 0 Å². The number of rotatable bonds is 7. The zero-order valence-corrected chi connectivity index (χ0v) is 13.7. The summed E-state index contributed by atoms with van der Waals surface area (Å²) in [5.74, 6) is 2.01. The van der Waals surface area contributed by atoms with Crippen LogP contribution in [-0.4, -0.2) is 48.5 Å². The van der Waals surface area contributed by atoms with E-state index in [4.69, 9.17) is 0 Å². The van der Waals surface area contributed by atoms with Crippen LogP contribution in [-0.2, 0) is 4.79 Å². The quantitative estimate of drug-likeness (QED) is 0.555. The first-order chi connectivity index (χ1) is 10.2. The van der Waals surface area contributed by atoms with Crippen molar-refractivity contribution in [3.63, 3.8) is 0 Å². The Morgan fingerprint density at radius 3 is 2.76 bits per heavy atom. The van der Waals surface area contributed by atoms with Crippen LogP contribution in [0.25, 0.3) is 0 Å². The second-order valence-electron chi connectivity index (χ2n) is 6.27. The summed E-state index contributed by atoms with van der Waals surface area (Å²) in [5, 5.41) is 6.77. The highest BCUT2D eigenvalue weighted by atomic mass is 16.2. The third-order valence-electron chi connectivity index (χ3n) is 4.53. The van der Waals surface area contributed by atoms with Crippen LogP contribution in [0.15, 0.2) is 4.99 Å². The third-order valence-corrected chi connectivity index (χ3v) is 4.53. The first-order valence-corrected chi connectivity index (χ1v) is 8.50. The summed E-state index contributed by atoms with van der Waals surface area (Å²) >= 11 is 0. The maximum absolute atomic E-state index is 11.8. The second kappa shape index (κ2) is 7.66. The molecule has 1 heterocycles. The average Bonchev–Trinajstić information content (AvgIpc) is 2.98. The van der Waals surface area contributed by atoms with E-state index >= 15 is 0 Å². The van der Waals surface area contributed by atoms with E-state index in [9.17, 15) is 4.79 Å². The molecule has 1 amide bonds. The summed E-state index contributed by atoms with van der Waals surface area (Å²) in [4.78, 5) is 18.6. The van der Waals surface area contributed by atoms with E-state index in [0.717, 1.165) is 57.2 Å². The Morgan fingerprint density at radius 1 is 1.48 bits per heavy atom. The molecule has 2 fully saturated rings. The van der Waals surface area contributed by atoms with E-state index < -0.39 is 0 Å². The lowest BCUT2D eigenvalue weighted by Crippen LogP contribution is -2.40. The molecule has 1 aliphatic carbocycles. The van der Waals surface area contributed by atoms with Gasteiger partial charge >= 0.3 is 0 Å². The molecule has 1 saturated carbocycles. The molecule has 5 nitrogen and oxygen atoms in total. The van der Waals surface area contributed by atoms with Gasteiger partial charge in [0.15, 0.2) is 5.96 Å². The zero-order chi connectivity index (χ0) is 15.2. The van der Waals surface area contributed by atoms with Crippen LogP contribution in [0.3, 0.4) is 0 Å². The van der Waals surface area contributed by atoms with E-state index in [2.05, 4.69) is 41.3 Å². The first-order valence-electron chi connectivity index (χ1n) is 8.50. The van der Waals surface area contributed by atoms with E-state index in [0.29, 0.717) is 18.0 Å². The molecule has 0 spiro atoms. The molecule has 2 rings (SSSR count). The molecular formula is C16H30N4O. The topological polar surface area (TPSA) is 56.7 Å². The normalized spacial score (nSPS) is 26.9. The molecule has 0 aromatic carbocycles. The van der Waals surface area contributed by atoms with Gasteiger partial charge in [0.2, 0.25) is 5.91 Å². The van der Waals surface area contributed by atoms with E-state index in [-0.39, 0.29) is 0 Å². The Balaban J connectivity index is 1.80. The predicted octanol–water partition coefficient (Wildman–Crippen LogP) is 1.74. The van der Waals surface area contributed by atoms with Gasteiger partial charge in [-0.25, -0.2) is 0 Å². The summed E-state index contributed by atoms with van der Waals surface area (Å²) in [7, 11) is 0. The van der Waals surface area contributed by atoms with Crippen molar-refractivity contribution in [1.29, 1.82) is 0 Å². The fraction of sp³-hybridized carbons (Fsp3) is 0.875. The lowest BCUT2D eigenvalue weighted by molar-refractivity contribution is -0.129. The highest BCUT2D eigenvalue weighted by Gasteiger charge is 2.33. The Kier molecular flexibility index (Phi) is 5.88. The second-order valence-corrected chi connectivity index (χ2v) is 6.27. The summed E-state index contributed by atoms with van der Waals surface area (Å²) in [6.07, 6.45) is 4.96. The maximum atomic E-state index is 11.8. The molecule has 0 aromatic rings. The molecular weight excluding hydrogens is 264 g/mol. The first kappa shape index (κ1) is 16.1. The fourth-order valence-corrected chi connectivity index (χ4v) is 2.98. The van der Waals surface area contributed by atoms with Crippen molar-refractivity contribution in [2.45, 2.75) is 65.0 Å². The minimum Gasteiger partial charge on any atom is -0.357 e. The van der Waals surface area contributed by atoms with Crippen molar-refractivity contribution >= 4 is 11.9 Å². The number of amides is 1. The summed E-state index contributed by atoms with van der Waals surface area (Å²) in [5.41, 5.74) is 0. The fourth-order valence-electron chi connectivity index (χ4n) is 2.98. The van der Waals surface area contributed by atoms with Crippen LogP contribution in [0, 0.1) is 5.92 Å². The van der Waals surface area contributed by atoms with Crippen molar-refractivity contribution in [3.05, 3.63) is 0 Å². The standard InChI is InChI=1S/C16H30N4O/c1-4-13(20-10-6-7-15(20)21)8-9-18-16(17-5-2)19-14-11-12(14)3/h12-14H,4-11H2,1-3H3,(H2,17,18,19). The number of aliphatic imine (C=N–C) groups is 1. The SMILES string of the molecule is CCNC(=NCCC(CC)N1CCCC1=O)NC1CC1C. The minimum atomic E-state index is 0.322. The molecule has 1 saturated heterocycles. The Hall–Kier alpha value is -1.26. The Labute approximate surface area is 128 Å². The number of nitrogens with one attached hydrogen (secondary N) is 2. The molecule has 2 aliphatic rings. The Morgan fingerprint density at radius 2 is 2.24 bits per heavy atom. The molecule has 3 atom stereocenters. The molecule has 5 heteroatoms. The zero-order valence-electron chi connectivity index (χ0n) is 13.7. The molecule has 0 radical (unpaired) electrons. The molecule has 0 aromatic heterocycles. The number of guanidine groups is 1. The van der Waals surface area contributed by atoms with Crippen molar-refractivity contribution < 1.29 is 4.79 Å². The van der Waals surface area contributed by atoms with Gasteiger partial charge in [0.05, 0.1) is 0 Å². The number of likely N-dealkylation sites (tertiary alicyclic amines) is 1. The highest BCUT2D eigenvalue weighted by molar-refractivity contribution is 5.80. The van der Waals surface area contributed by atoms with Crippen molar-refractivity contribution in [2.24, 2.45) is 10.9 Å². The molecule has 21 heavy (non-hydrogen) atoms. The van der Waals surface area contributed by atoms with E-state index in [1.807, 2.05) is 0 Å².